The number of imidazole rings is 1. The molecule has 12 nitrogen and oxygen atoms in total. The molecular weight excluding hydrogens is 530 g/mol. The quantitative estimate of drug-likeness (QED) is 0.291. The van der Waals surface area contributed by atoms with Crippen LogP contribution < -0.4 is 16.6 Å². The Hall–Kier alpha value is -5.00. The number of aryl methyl sites for hydroxylation is 1. The summed E-state index contributed by atoms with van der Waals surface area (Å²) in [5.74, 6) is -1.81. The lowest BCUT2D eigenvalue weighted by atomic mass is 10.1. The highest BCUT2D eigenvalue weighted by molar-refractivity contribution is 5.99. The fourth-order valence-corrected chi connectivity index (χ4v) is 4.37. The first-order valence-electron chi connectivity index (χ1n) is 13.0. The molecule has 0 spiro atoms. The Balaban J connectivity index is 1.75. The second kappa shape index (κ2) is 12.5. The number of carbonyl (C=O) groups is 3. The standard InChI is InChI=1S/C29H31N5O7/c1-18(2)10-11-32-17-30-25-24(32)26(36)34(29(39)33(25)15-19-8-6-5-7-9-19)16-23(35)31-22-13-20(27(37)40-3)12-21(14-22)28(38)41-4/h5-9,12-14,17-18H,10-11,15-16H2,1-4H3,(H,31,35). The minimum Gasteiger partial charge on any atom is -0.465 e. The van der Waals surface area contributed by atoms with E-state index in [4.69, 9.17) is 9.47 Å². The third kappa shape index (κ3) is 6.43. The van der Waals surface area contributed by atoms with Crippen molar-refractivity contribution in [2.45, 2.75) is 39.9 Å². The zero-order chi connectivity index (χ0) is 29.7. The number of ether oxygens (including phenoxy) is 2. The summed E-state index contributed by atoms with van der Waals surface area (Å²) in [5.41, 5.74) is 0.00856. The van der Waals surface area contributed by atoms with Crippen LogP contribution in [-0.4, -0.2) is 50.8 Å². The highest BCUT2D eigenvalue weighted by Gasteiger charge is 2.21. The number of methoxy groups -OCH3 is 2. The molecule has 12 heteroatoms. The third-order valence-corrected chi connectivity index (χ3v) is 6.48. The molecule has 0 saturated carbocycles. The molecule has 0 saturated heterocycles. The van der Waals surface area contributed by atoms with Crippen LogP contribution in [0.2, 0.25) is 0 Å². The van der Waals surface area contributed by atoms with Gasteiger partial charge in [0, 0.05) is 12.2 Å². The van der Waals surface area contributed by atoms with Crippen molar-refractivity contribution >= 4 is 34.7 Å². The van der Waals surface area contributed by atoms with Crippen molar-refractivity contribution in [2.75, 3.05) is 19.5 Å². The number of anilines is 1. The molecule has 41 heavy (non-hydrogen) atoms. The molecule has 0 atom stereocenters. The summed E-state index contributed by atoms with van der Waals surface area (Å²) in [6, 6.07) is 13.1. The molecule has 0 aliphatic rings. The number of nitrogens with zero attached hydrogens (tertiary/aromatic N) is 4. The van der Waals surface area contributed by atoms with Crippen LogP contribution in [0, 0.1) is 5.92 Å². The van der Waals surface area contributed by atoms with Gasteiger partial charge in [0.1, 0.15) is 6.54 Å². The van der Waals surface area contributed by atoms with Gasteiger partial charge >= 0.3 is 17.6 Å². The number of carbonyl (C=O) groups excluding carboxylic acids is 3. The number of fused-ring (bicyclic) bond motifs is 1. The summed E-state index contributed by atoms with van der Waals surface area (Å²) >= 11 is 0. The molecule has 1 amide bonds. The number of hydrogen-bond acceptors (Lipinski definition) is 8. The van der Waals surface area contributed by atoms with Crippen LogP contribution in [-0.2, 0) is 33.9 Å². The van der Waals surface area contributed by atoms with Crippen molar-refractivity contribution in [1.29, 1.82) is 0 Å². The maximum atomic E-state index is 13.6. The smallest absolute Gasteiger partial charge is 0.337 e. The van der Waals surface area contributed by atoms with Gasteiger partial charge in [0.25, 0.3) is 5.56 Å². The second-order valence-electron chi connectivity index (χ2n) is 9.87. The predicted molar refractivity (Wildman–Crippen MR) is 151 cm³/mol. The van der Waals surface area contributed by atoms with Gasteiger partial charge in [0.2, 0.25) is 5.91 Å². The van der Waals surface area contributed by atoms with Gasteiger partial charge in [-0.05, 0) is 36.1 Å². The minimum absolute atomic E-state index is 0.00329. The van der Waals surface area contributed by atoms with Gasteiger partial charge in [-0.3, -0.25) is 14.2 Å². The Labute approximate surface area is 235 Å². The van der Waals surface area contributed by atoms with Crippen LogP contribution in [0.1, 0.15) is 46.5 Å². The van der Waals surface area contributed by atoms with E-state index in [2.05, 4.69) is 24.1 Å². The molecule has 0 unspecified atom stereocenters. The van der Waals surface area contributed by atoms with Crippen LogP contribution in [0.3, 0.4) is 0 Å². The van der Waals surface area contributed by atoms with E-state index in [1.165, 1.54) is 43.3 Å². The van der Waals surface area contributed by atoms with E-state index in [1.54, 1.807) is 4.57 Å². The van der Waals surface area contributed by atoms with Gasteiger partial charge in [-0.25, -0.2) is 23.9 Å². The van der Waals surface area contributed by atoms with E-state index < -0.39 is 35.6 Å². The number of amides is 1. The molecule has 2 aromatic carbocycles. The zero-order valence-electron chi connectivity index (χ0n) is 23.2. The fraction of sp³-hybridized carbons (Fsp3) is 0.310. The maximum absolute atomic E-state index is 13.6. The summed E-state index contributed by atoms with van der Waals surface area (Å²) in [7, 11) is 2.36. The molecule has 4 rings (SSSR count). The maximum Gasteiger partial charge on any atom is 0.337 e. The molecule has 1 N–H and O–H groups in total. The van der Waals surface area contributed by atoms with E-state index >= 15 is 0 Å². The van der Waals surface area contributed by atoms with E-state index in [0.717, 1.165) is 16.6 Å². The van der Waals surface area contributed by atoms with Crippen molar-refractivity contribution in [3.8, 4) is 0 Å². The number of rotatable bonds is 10. The average molecular weight is 562 g/mol. The molecule has 0 aliphatic heterocycles. The van der Waals surface area contributed by atoms with Crippen LogP contribution in [0.25, 0.3) is 11.2 Å². The second-order valence-corrected chi connectivity index (χ2v) is 9.87. The number of benzene rings is 2. The van der Waals surface area contributed by atoms with Gasteiger partial charge in [-0.15, -0.1) is 0 Å². The molecule has 0 fully saturated rings. The number of nitrogens with one attached hydrogen (secondary N) is 1. The van der Waals surface area contributed by atoms with Crippen LogP contribution >= 0.6 is 0 Å². The Morgan fingerprint density at radius 2 is 1.56 bits per heavy atom. The van der Waals surface area contributed by atoms with Crippen molar-refractivity contribution in [3.63, 3.8) is 0 Å². The van der Waals surface area contributed by atoms with Crippen molar-refractivity contribution in [3.05, 3.63) is 92.4 Å². The minimum atomic E-state index is -0.730. The van der Waals surface area contributed by atoms with E-state index in [-0.39, 0.29) is 34.5 Å². The van der Waals surface area contributed by atoms with Crippen molar-refractivity contribution < 1.29 is 23.9 Å². The number of hydrogen-bond donors (Lipinski definition) is 1. The van der Waals surface area contributed by atoms with Crippen LogP contribution in [0.5, 0.6) is 0 Å². The number of aromatic nitrogens is 4. The zero-order valence-corrected chi connectivity index (χ0v) is 23.2. The third-order valence-electron chi connectivity index (χ3n) is 6.48. The summed E-state index contributed by atoms with van der Waals surface area (Å²) in [6.45, 7) is 4.16. The molecular formula is C29H31N5O7. The lowest BCUT2D eigenvalue weighted by Gasteiger charge is -2.14. The monoisotopic (exact) mass is 561 g/mol. The molecule has 0 bridgehead atoms. The summed E-state index contributed by atoms with van der Waals surface area (Å²) in [6.07, 6.45) is 2.31. The lowest BCUT2D eigenvalue weighted by molar-refractivity contribution is -0.116. The average Bonchev–Trinajstić information content (AvgIpc) is 3.40. The molecule has 4 aromatic rings. The van der Waals surface area contributed by atoms with E-state index in [9.17, 15) is 24.0 Å². The fourth-order valence-electron chi connectivity index (χ4n) is 4.37. The first kappa shape index (κ1) is 29.0. The Morgan fingerprint density at radius 1 is 0.927 bits per heavy atom. The first-order chi connectivity index (χ1) is 19.6. The molecule has 0 aliphatic carbocycles. The van der Waals surface area contributed by atoms with Crippen molar-refractivity contribution in [2.24, 2.45) is 5.92 Å². The van der Waals surface area contributed by atoms with Crippen molar-refractivity contribution in [1.82, 2.24) is 18.7 Å². The molecule has 214 valence electrons. The largest absolute Gasteiger partial charge is 0.465 e. The summed E-state index contributed by atoms with van der Waals surface area (Å²) in [5, 5.41) is 2.56. The van der Waals surface area contributed by atoms with E-state index in [1.807, 2.05) is 30.3 Å². The molecule has 0 radical (unpaired) electrons. The van der Waals surface area contributed by atoms with Gasteiger partial charge in [0.15, 0.2) is 11.2 Å². The molecule has 2 aromatic heterocycles. The Kier molecular flexibility index (Phi) is 8.81. The highest BCUT2D eigenvalue weighted by Crippen LogP contribution is 2.18. The van der Waals surface area contributed by atoms with Gasteiger partial charge < -0.3 is 19.4 Å². The Morgan fingerprint density at radius 3 is 2.15 bits per heavy atom. The van der Waals surface area contributed by atoms with Gasteiger partial charge in [-0.2, -0.15) is 0 Å². The van der Waals surface area contributed by atoms with Crippen LogP contribution in [0.4, 0.5) is 5.69 Å². The normalized spacial score (nSPS) is 11.0. The highest BCUT2D eigenvalue weighted by atomic mass is 16.5. The summed E-state index contributed by atoms with van der Waals surface area (Å²) < 4.78 is 13.4. The van der Waals surface area contributed by atoms with Gasteiger partial charge in [-0.1, -0.05) is 44.2 Å². The van der Waals surface area contributed by atoms with Gasteiger partial charge in [0.05, 0.1) is 38.2 Å². The molecule has 2 heterocycles. The van der Waals surface area contributed by atoms with E-state index in [0.29, 0.717) is 12.5 Å². The Bertz CT molecular complexity index is 1680. The summed E-state index contributed by atoms with van der Waals surface area (Å²) in [4.78, 5) is 69.0. The SMILES string of the molecule is COC(=O)c1cc(NC(=O)Cn2c(=O)c3c(ncn3CCC(C)C)n(Cc3ccccc3)c2=O)cc(C(=O)OC)c1. The first-order valence-corrected chi connectivity index (χ1v) is 13.0. The van der Waals surface area contributed by atoms with Crippen LogP contribution in [0.15, 0.2) is 64.4 Å². The topological polar surface area (TPSA) is 144 Å². The number of esters is 2. The predicted octanol–water partition coefficient (Wildman–Crippen LogP) is 2.67. The lowest BCUT2D eigenvalue weighted by Crippen LogP contribution is -2.43.